The van der Waals surface area contributed by atoms with Gasteiger partial charge < -0.3 is 5.32 Å². The Kier molecular flexibility index (Phi) is 2.53. The average Bonchev–Trinajstić information content (AvgIpc) is 2.98. The van der Waals surface area contributed by atoms with E-state index in [-0.39, 0.29) is 24.1 Å². The van der Waals surface area contributed by atoms with E-state index >= 15 is 0 Å². The summed E-state index contributed by atoms with van der Waals surface area (Å²) in [5.41, 5.74) is -0.496. The Morgan fingerprint density at radius 3 is 2.47 bits per heavy atom. The van der Waals surface area contributed by atoms with Crippen molar-refractivity contribution in [2.75, 3.05) is 5.32 Å². The molecule has 1 fully saturated rings. The summed E-state index contributed by atoms with van der Waals surface area (Å²) in [7, 11) is 0. The Balaban J connectivity index is 2.31. The topological polar surface area (TPSA) is 35.8 Å². The van der Waals surface area contributed by atoms with E-state index in [1.807, 2.05) is 6.07 Å². The van der Waals surface area contributed by atoms with Crippen molar-refractivity contribution >= 4 is 5.69 Å². The molecule has 2 rings (SSSR count). The van der Waals surface area contributed by atoms with Crippen molar-refractivity contribution < 1.29 is 13.2 Å². The molecule has 0 aliphatic heterocycles. The van der Waals surface area contributed by atoms with Gasteiger partial charge in [-0.05, 0) is 37.5 Å². The molecule has 1 N–H and O–H groups in total. The molecule has 0 aromatic heterocycles. The van der Waals surface area contributed by atoms with Crippen LogP contribution in [0.4, 0.5) is 18.9 Å². The molecule has 90 valence electrons. The average molecular weight is 240 g/mol. The first-order chi connectivity index (χ1) is 7.88. The number of alkyl halides is 3. The molecular formula is C12H11F3N2. The number of halogens is 3. The molecule has 0 spiro atoms. The lowest BCUT2D eigenvalue weighted by molar-refractivity contribution is -0.151. The monoisotopic (exact) mass is 240 g/mol. The first-order valence-corrected chi connectivity index (χ1v) is 5.24. The molecule has 1 saturated carbocycles. The molecule has 0 amide bonds. The second-order valence-corrected chi connectivity index (χ2v) is 4.37. The van der Waals surface area contributed by atoms with Gasteiger partial charge in [-0.15, -0.1) is 0 Å². The van der Waals surface area contributed by atoms with Crippen LogP contribution in [0, 0.1) is 18.3 Å². The van der Waals surface area contributed by atoms with Crippen molar-refractivity contribution in [2.24, 2.45) is 0 Å². The third kappa shape index (κ3) is 2.07. The number of aryl methyl sites for hydroxylation is 1. The number of rotatable bonds is 2. The Morgan fingerprint density at radius 1 is 1.35 bits per heavy atom. The Morgan fingerprint density at radius 2 is 2.00 bits per heavy atom. The van der Waals surface area contributed by atoms with Crippen LogP contribution in [0.3, 0.4) is 0 Å². The van der Waals surface area contributed by atoms with E-state index in [0.29, 0.717) is 0 Å². The summed E-state index contributed by atoms with van der Waals surface area (Å²) in [5, 5.41) is 11.3. The quantitative estimate of drug-likeness (QED) is 0.860. The maximum absolute atomic E-state index is 12.8. The third-order valence-electron chi connectivity index (χ3n) is 2.96. The SMILES string of the molecule is Cc1ccc(C#N)c(NC2(C(F)(F)F)CC2)c1. The minimum Gasteiger partial charge on any atom is -0.370 e. The van der Waals surface area contributed by atoms with E-state index in [1.54, 1.807) is 19.1 Å². The number of nitrogens with zero attached hydrogens (tertiary/aromatic N) is 1. The number of hydrogen-bond acceptors (Lipinski definition) is 2. The van der Waals surface area contributed by atoms with Crippen LogP contribution in [-0.4, -0.2) is 11.7 Å². The Hall–Kier alpha value is -1.70. The van der Waals surface area contributed by atoms with E-state index in [0.717, 1.165) is 5.56 Å². The Labute approximate surface area is 97.1 Å². The van der Waals surface area contributed by atoms with Gasteiger partial charge in [-0.25, -0.2) is 0 Å². The highest BCUT2D eigenvalue weighted by Gasteiger charge is 2.63. The van der Waals surface area contributed by atoms with Crippen molar-refractivity contribution in [3.63, 3.8) is 0 Å². The van der Waals surface area contributed by atoms with Crippen molar-refractivity contribution in [2.45, 2.75) is 31.5 Å². The van der Waals surface area contributed by atoms with Crippen molar-refractivity contribution in [1.29, 1.82) is 5.26 Å². The van der Waals surface area contributed by atoms with E-state index in [1.165, 1.54) is 6.07 Å². The molecule has 2 nitrogen and oxygen atoms in total. The summed E-state index contributed by atoms with van der Waals surface area (Å²) >= 11 is 0. The number of anilines is 1. The van der Waals surface area contributed by atoms with Gasteiger partial charge in [-0.1, -0.05) is 6.07 Å². The second kappa shape index (κ2) is 3.66. The maximum Gasteiger partial charge on any atom is 0.411 e. The summed E-state index contributed by atoms with van der Waals surface area (Å²) in [6.07, 6.45) is -4.14. The number of hydrogen-bond donors (Lipinski definition) is 1. The standard InChI is InChI=1S/C12H11F3N2/c1-8-2-3-9(7-16)10(6-8)17-11(4-5-11)12(13,14)15/h2-3,6,17H,4-5H2,1H3. The molecule has 0 bridgehead atoms. The van der Waals surface area contributed by atoms with Crippen molar-refractivity contribution in [3.05, 3.63) is 29.3 Å². The van der Waals surface area contributed by atoms with Gasteiger partial charge in [0.05, 0.1) is 11.3 Å². The number of nitriles is 1. The normalized spacial score (nSPS) is 17.4. The zero-order valence-electron chi connectivity index (χ0n) is 9.23. The zero-order valence-corrected chi connectivity index (χ0v) is 9.23. The van der Waals surface area contributed by atoms with Gasteiger partial charge >= 0.3 is 6.18 Å². The molecular weight excluding hydrogens is 229 g/mol. The summed E-state index contributed by atoms with van der Waals surface area (Å²) in [6.45, 7) is 1.78. The van der Waals surface area contributed by atoms with Crippen molar-refractivity contribution in [1.82, 2.24) is 0 Å². The predicted molar refractivity (Wildman–Crippen MR) is 57.5 cm³/mol. The number of benzene rings is 1. The van der Waals surface area contributed by atoms with Gasteiger partial charge in [-0.3, -0.25) is 0 Å². The molecule has 0 radical (unpaired) electrons. The molecule has 1 aliphatic carbocycles. The van der Waals surface area contributed by atoms with Crippen LogP contribution < -0.4 is 5.32 Å². The minimum atomic E-state index is -4.27. The van der Waals surface area contributed by atoms with E-state index < -0.39 is 11.7 Å². The van der Waals surface area contributed by atoms with E-state index in [2.05, 4.69) is 5.32 Å². The molecule has 1 aromatic rings. The molecule has 1 aromatic carbocycles. The van der Waals surface area contributed by atoms with Gasteiger partial charge in [0.25, 0.3) is 0 Å². The second-order valence-electron chi connectivity index (χ2n) is 4.37. The van der Waals surface area contributed by atoms with Crippen LogP contribution >= 0.6 is 0 Å². The number of nitrogens with one attached hydrogen (secondary N) is 1. The summed E-state index contributed by atoms with van der Waals surface area (Å²) < 4.78 is 38.3. The van der Waals surface area contributed by atoms with Gasteiger partial charge in [0, 0.05) is 0 Å². The largest absolute Gasteiger partial charge is 0.411 e. The fourth-order valence-electron chi connectivity index (χ4n) is 1.72. The van der Waals surface area contributed by atoms with Crippen LogP contribution in [0.1, 0.15) is 24.0 Å². The predicted octanol–water partition coefficient (Wildman–Crippen LogP) is 3.37. The maximum atomic E-state index is 12.8. The molecule has 0 saturated heterocycles. The lowest BCUT2D eigenvalue weighted by Crippen LogP contribution is -2.38. The third-order valence-corrected chi connectivity index (χ3v) is 2.96. The minimum absolute atomic E-state index is 0.0648. The zero-order chi connectivity index (χ0) is 12.7. The summed E-state index contributed by atoms with van der Waals surface area (Å²) in [6, 6.07) is 6.71. The van der Waals surface area contributed by atoms with E-state index in [9.17, 15) is 13.2 Å². The molecule has 17 heavy (non-hydrogen) atoms. The summed E-state index contributed by atoms with van der Waals surface area (Å²) in [4.78, 5) is 0. The first-order valence-electron chi connectivity index (χ1n) is 5.24. The van der Waals surface area contributed by atoms with Crippen molar-refractivity contribution in [3.8, 4) is 6.07 Å². The lowest BCUT2D eigenvalue weighted by Gasteiger charge is -2.22. The fourth-order valence-corrected chi connectivity index (χ4v) is 1.72. The Bertz CT molecular complexity index is 482. The molecule has 0 atom stereocenters. The smallest absolute Gasteiger partial charge is 0.370 e. The van der Waals surface area contributed by atoms with Gasteiger partial charge in [0.15, 0.2) is 0 Å². The molecule has 1 aliphatic rings. The van der Waals surface area contributed by atoms with Gasteiger partial charge in [0.1, 0.15) is 11.6 Å². The van der Waals surface area contributed by atoms with Crippen LogP contribution in [-0.2, 0) is 0 Å². The molecule has 0 unspecified atom stereocenters. The van der Waals surface area contributed by atoms with Crippen LogP contribution in [0.25, 0.3) is 0 Å². The van der Waals surface area contributed by atoms with Crippen LogP contribution in [0.5, 0.6) is 0 Å². The fraction of sp³-hybridized carbons (Fsp3) is 0.417. The van der Waals surface area contributed by atoms with Crippen LogP contribution in [0.15, 0.2) is 18.2 Å². The van der Waals surface area contributed by atoms with Crippen LogP contribution in [0.2, 0.25) is 0 Å². The highest BCUT2D eigenvalue weighted by Crippen LogP contribution is 2.51. The molecule has 5 heteroatoms. The van der Waals surface area contributed by atoms with E-state index in [4.69, 9.17) is 5.26 Å². The summed E-state index contributed by atoms with van der Waals surface area (Å²) in [5.74, 6) is 0. The first kappa shape index (κ1) is 11.8. The highest BCUT2D eigenvalue weighted by molar-refractivity contribution is 5.61. The highest BCUT2D eigenvalue weighted by atomic mass is 19.4. The lowest BCUT2D eigenvalue weighted by atomic mass is 10.1. The van der Waals surface area contributed by atoms with Gasteiger partial charge in [0.2, 0.25) is 0 Å². The molecule has 0 heterocycles. The van der Waals surface area contributed by atoms with Gasteiger partial charge in [-0.2, -0.15) is 18.4 Å².